The summed E-state index contributed by atoms with van der Waals surface area (Å²) in [6.45, 7) is 0. The third kappa shape index (κ3) is 1.72. The molecule has 5 heteroatoms. The number of halogens is 1. The van der Waals surface area contributed by atoms with Gasteiger partial charge >= 0.3 is 0 Å². The van der Waals surface area contributed by atoms with Gasteiger partial charge in [-0.2, -0.15) is 0 Å². The lowest BCUT2D eigenvalue weighted by molar-refractivity contribution is 0.302. The molecule has 0 saturated heterocycles. The predicted octanol–water partition coefficient (Wildman–Crippen LogP) is 3.44. The zero-order valence-electron chi connectivity index (χ0n) is 9.07. The minimum atomic E-state index is -0.00915. The van der Waals surface area contributed by atoms with E-state index >= 15 is 0 Å². The van der Waals surface area contributed by atoms with Crippen LogP contribution in [-0.2, 0) is 0 Å². The van der Waals surface area contributed by atoms with Gasteiger partial charge in [-0.3, -0.25) is 9.36 Å². The Morgan fingerprint density at radius 1 is 1.41 bits per heavy atom. The number of rotatable bonds is 1. The van der Waals surface area contributed by atoms with Gasteiger partial charge in [-0.25, -0.2) is 0 Å². The van der Waals surface area contributed by atoms with E-state index in [2.05, 4.69) is 4.98 Å². The molecule has 1 N–H and O–H groups in total. The van der Waals surface area contributed by atoms with Crippen molar-refractivity contribution in [2.45, 2.75) is 25.3 Å². The third-order valence-corrected chi connectivity index (χ3v) is 3.86. The molecule has 0 atom stereocenters. The quantitative estimate of drug-likeness (QED) is 0.803. The van der Waals surface area contributed by atoms with Crippen LogP contribution in [0.1, 0.15) is 25.3 Å². The van der Waals surface area contributed by atoms with Gasteiger partial charge in [-0.05, 0) is 49.7 Å². The van der Waals surface area contributed by atoms with Crippen molar-refractivity contribution in [1.29, 1.82) is 0 Å². The Balaban J connectivity index is 2.35. The maximum atomic E-state index is 12.3. The Morgan fingerprint density at radius 3 is 2.82 bits per heavy atom. The number of fused-ring (bicyclic) bond motifs is 1. The lowest BCUT2D eigenvalue weighted by Gasteiger charge is -2.27. The number of nitrogens with zero attached hydrogens (tertiary/aromatic N) is 1. The van der Waals surface area contributed by atoms with E-state index in [4.69, 9.17) is 23.8 Å². The van der Waals surface area contributed by atoms with Gasteiger partial charge in [0.15, 0.2) is 4.77 Å². The molecule has 0 unspecified atom stereocenters. The topological polar surface area (TPSA) is 37.8 Å². The van der Waals surface area contributed by atoms with E-state index in [0.29, 0.717) is 20.7 Å². The van der Waals surface area contributed by atoms with Gasteiger partial charge < -0.3 is 4.98 Å². The van der Waals surface area contributed by atoms with Gasteiger partial charge in [-0.15, -0.1) is 0 Å². The highest BCUT2D eigenvalue weighted by Crippen LogP contribution is 2.30. The molecule has 1 aromatic carbocycles. The highest BCUT2D eigenvalue weighted by Gasteiger charge is 2.22. The molecule has 1 saturated carbocycles. The van der Waals surface area contributed by atoms with Gasteiger partial charge in [0, 0.05) is 11.1 Å². The molecule has 0 aliphatic heterocycles. The average Bonchev–Trinajstić information content (AvgIpc) is 2.20. The van der Waals surface area contributed by atoms with Crippen molar-refractivity contribution in [2.24, 2.45) is 0 Å². The molecule has 3 rings (SSSR count). The van der Waals surface area contributed by atoms with Crippen LogP contribution >= 0.6 is 23.8 Å². The molecule has 1 fully saturated rings. The summed E-state index contributed by atoms with van der Waals surface area (Å²) < 4.78 is 2.20. The number of hydrogen-bond donors (Lipinski definition) is 1. The van der Waals surface area contributed by atoms with Gasteiger partial charge in [0.25, 0.3) is 5.56 Å². The number of aromatic nitrogens is 2. The second-order valence-corrected chi connectivity index (χ2v) is 5.20. The van der Waals surface area contributed by atoms with E-state index in [1.54, 1.807) is 22.8 Å². The Morgan fingerprint density at radius 2 is 2.18 bits per heavy atom. The second kappa shape index (κ2) is 3.96. The van der Waals surface area contributed by atoms with Crippen LogP contribution < -0.4 is 5.56 Å². The second-order valence-electron chi connectivity index (χ2n) is 4.38. The predicted molar refractivity (Wildman–Crippen MR) is 71.3 cm³/mol. The molecular weight excluding hydrogens is 256 g/mol. The fourth-order valence-electron chi connectivity index (χ4n) is 2.18. The molecule has 1 aliphatic rings. The molecule has 0 radical (unpaired) electrons. The SMILES string of the molecule is O=c1c2ccc(Cl)cc2[nH]c(=S)n1C1CCC1. The maximum absolute atomic E-state index is 12.3. The van der Waals surface area contributed by atoms with Crippen LogP contribution in [0.15, 0.2) is 23.0 Å². The van der Waals surface area contributed by atoms with E-state index < -0.39 is 0 Å². The summed E-state index contributed by atoms with van der Waals surface area (Å²) in [5.74, 6) is 0. The van der Waals surface area contributed by atoms with Crippen molar-refractivity contribution in [2.75, 3.05) is 0 Å². The van der Waals surface area contributed by atoms with E-state index in [1.165, 1.54) is 6.42 Å². The van der Waals surface area contributed by atoms with E-state index in [-0.39, 0.29) is 11.6 Å². The molecular formula is C12H11ClN2OS. The normalized spacial score (nSPS) is 16.1. The Hall–Kier alpha value is -1.13. The molecule has 1 aliphatic carbocycles. The first-order valence-corrected chi connectivity index (χ1v) is 6.39. The Labute approximate surface area is 108 Å². The zero-order chi connectivity index (χ0) is 12.0. The van der Waals surface area contributed by atoms with E-state index in [1.807, 2.05) is 0 Å². The van der Waals surface area contributed by atoms with Crippen LogP contribution in [0.25, 0.3) is 10.9 Å². The summed E-state index contributed by atoms with van der Waals surface area (Å²) in [6.07, 6.45) is 3.25. The minimum Gasteiger partial charge on any atom is -0.331 e. The van der Waals surface area contributed by atoms with Crippen molar-refractivity contribution in [3.05, 3.63) is 38.3 Å². The van der Waals surface area contributed by atoms with Crippen LogP contribution in [0, 0.1) is 4.77 Å². The fourth-order valence-corrected chi connectivity index (χ4v) is 2.69. The van der Waals surface area contributed by atoms with Crippen molar-refractivity contribution < 1.29 is 0 Å². The molecule has 0 spiro atoms. The number of benzene rings is 1. The molecule has 0 bridgehead atoms. The largest absolute Gasteiger partial charge is 0.331 e. The van der Waals surface area contributed by atoms with Crippen LogP contribution in [0.5, 0.6) is 0 Å². The van der Waals surface area contributed by atoms with Crippen molar-refractivity contribution in [3.8, 4) is 0 Å². The first-order chi connectivity index (χ1) is 8.16. The first-order valence-electron chi connectivity index (χ1n) is 5.61. The Kier molecular flexibility index (Phi) is 2.56. The maximum Gasteiger partial charge on any atom is 0.262 e. The minimum absolute atomic E-state index is 0.00915. The summed E-state index contributed by atoms with van der Waals surface area (Å²) in [4.78, 5) is 15.4. The van der Waals surface area contributed by atoms with Crippen molar-refractivity contribution >= 4 is 34.7 Å². The van der Waals surface area contributed by atoms with E-state index in [9.17, 15) is 4.79 Å². The zero-order valence-corrected chi connectivity index (χ0v) is 10.6. The molecule has 1 aromatic heterocycles. The van der Waals surface area contributed by atoms with Gasteiger partial charge in [0.05, 0.1) is 10.9 Å². The first kappa shape index (κ1) is 11.0. The molecule has 0 amide bonds. The van der Waals surface area contributed by atoms with Crippen molar-refractivity contribution in [3.63, 3.8) is 0 Å². The standard InChI is InChI=1S/C12H11ClN2OS/c13-7-4-5-9-10(6-7)14-12(17)15(11(9)16)8-2-1-3-8/h4-6,8H,1-3H2,(H,14,17). The lowest BCUT2D eigenvalue weighted by Crippen LogP contribution is -2.30. The molecule has 2 aromatic rings. The average molecular weight is 267 g/mol. The molecule has 1 heterocycles. The Bertz CT molecular complexity index is 700. The van der Waals surface area contributed by atoms with Crippen LogP contribution in [0.2, 0.25) is 5.02 Å². The summed E-state index contributed by atoms with van der Waals surface area (Å²) in [7, 11) is 0. The van der Waals surface area contributed by atoms with Crippen molar-refractivity contribution in [1.82, 2.24) is 9.55 Å². The van der Waals surface area contributed by atoms with E-state index in [0.717, 1.165) is 12.8 Å². The monoisotopic (exact) mass is 266 g/mol. The lowest BCUT2D eigenvalue weighted by atomic mass is 9.93. The van der Waals surface area contributed by atoms with Gasteiger partial charge in [0.1, 0.15) is 0 Å². The summed E-state index contributed by atoms with van der Waals surface area (Å²) in [5, 5.41) is 1.25. The number of aromatic amines is 1. The highest BCUT2D eigenvalue weighted by molar-refractivity contribution is 7.71. The number of nitrogens with one attached hydrogen (secondary N) is 1. The van der Waals surface area contributed by atoms with Crippen LogP contribution in [0.4, 0.5) is 0 Å². The molecule has 3 nitrogen and oxygen atoms in total. The molecule has 17 heavy (non-hydrogen) atoms. The van der Waals surface area contributed by atoms with Gasteiger partial charge in [0.2, 0.25) is 0 Å². The fraction of sp³-hybridized carbons (Fsp3) is 0.333. The summed E-state index contributed by atoms with van der Waals surface area (Å²) >= 11 is 11.2. The summed E-state index contributed by atoms with van der Waals surface area (Å²) in [5.41, 5.74) is 0.702. The summed E-state index contributed by atoms with van der Waals surface area (Å²) in [6, 6.07) is 5.48. The third-order valence-electron chi connectivity index (χ3n) is 3.33. The van der Waals surface area contributed by atoms with Crippen LogP contribution in [-0.4, -0.2) is 9.55 Å². The number of H-pyrrole nitrogens is 1. The highest BCUT2D eigenvalue weighted by atomic mass is 35.5. The molecule has 88 valence electrons. The number of hydrogen-bond acceptors (Lipinski definition) is 2. The smallest absolute Gasteiger partial charge is 0.262 e. The van der Waals surface area contributed by atoms with Gasteiger partial charge in [-0.1, -0.05) is 11.6 Å². The van der Waals surface area contributed by atoms with Crippen LogP contribution in [0.3, 0.4) is 0 Å².